The van der Waals surface area contributed by atoms with E-state index in [4.69, 9.17) is 4.74 Å². The summed E-state index contributed by atoms with van der Waals surface area (Å²) in [7, 11) is 0. The van der Waals surface area contributed by atoms with E-state index in [1.807, 2.05) is 19.1 Å². The highest BCUT2D eigenvalue weighted by Crippen LogP contribution is 2.23. The van der Waals surface area contributed by atoms with Gasteiger partial charge in [0.2, 0.25) is 0 Å². The second-order valence-electron chi connectivity index (χ2n) is 3.93. The van der Waals surface area contributed by atoms with Crippen molar-refractivity contribution in [1.82, 2.24) is 0 Å². The van der Waals surface area contributed by atoms with E-state index in [1.54, 1.807) is 24.3 Å². The van der Waals surface area contributed by atoms with E-state index in [0.29, 0.717) is 17.7 Å². The third-order valence-corrected chi connectivity index (χ3v) is 2.79. The summed E-state index contributed by atoms with van der Waals surface area (Å²) >= 11 is 0. The molecule has 0 fully saturated rings. The molecular formula is C14H14O3. The molecule has 17 heavy (non-hydrogen) atoms. The van der Waals surface area contributed by atoms with Crippen molar-refractivity contribution in [1.29, 1.82) is 0 Å². The van der Waals surface area contributed by atoms with Gasteiger partial charge in [-0.05, 0) is 6.92 Å². The van der Waals surface area contributed by atoms with Crippen molar-refractivity contribution in [3.63, 3.8) is 0 Å². The highest BCUT2D eigenvalue weighted by Gasteiger charge is 2.32. The fourth-order valence-corrected chi connectivity index (χ4v) is 1.89. The van der Waals surface area contributed by atoms with Crippen molar-refractivity contribution in [2.24, 2.45) is 0 Å². The van der Waals surface area contributed by atoms with Crippen LogP contribution in [-0.4, -0.2) is 24.3 Å². The topological polar surface area (TPSA) is 43.4 Å². The molecule has 2 rings (SSSR count). The molecule has 3 heteroatoms. The lowest BCUT2D eigenvalue weighted by Gasteiger charge is -2.21. The third kappa shape index (κ3) is 2.34. The lowest BCUT2D eigenvalue weighted by Crippen LogP contribution is -2.33. The minimum absolute atomic E-state index is 0.0225. The molecule has 0 aromatic heterocycles. The first kappa shape index (κ1) is 11.7. The Morgan fingerprint density at radius 3 is 2.71 bits per heavy atom. The molecule has 1 aromatic carbocycles. The Balaban J connectivity index is 2.21. The van der Waals surface area contributed by atoms with Gasteiger partial charge in [-0.1, -0.05) is 36.4 Å². The smallest absolute Gasteiger partial charge is 0.192 e. The van der Waals surface area contributed by atoms with Gasteiger partial charge in [0.05, 0.1) is 6.61 Å². The molecule has 1 unspecified atom stereocenters. The van der Waals surface area contributed by atoms with Crippen LogP contribution in [0.15, 0.2) is 36.4 Å². The Bertz CT molecular complexity index is 474. The van der Waals surface area contributed by atoms with Gasteiger partial charge in [-0.2, -0.15) is 0 Å². The fourth-order valence-electron chi connectivity index (χ4n) is 1.89. The Kier molecular flexibility index (Phi) is 3.49. The first-order valence-electron chi connectivity index (χ1n) is 5.63. The monoisotopic (exact) mass is 230 g/mol. The summed E-state index contributed by atoms with van der Waals surface area (Å²) in [5.74, 6) is -0.115. The van der Waals surface area contributed by atoms with Crippen LogP contribution >= 0.6 is 0 Å². The van der Waals surface area contributed by atoms with Gasteiger partial charge in [0.25, 0.3) is 0 Å². The second kappa shape index (κ2) is 5.06. The number of benzene rings is 1. The van der Waals surface area contributed by atoms with E-state index >= 15 is 0 Å². The molecule has 0 radical (unpaired) electrons. The minimum atomic E-state index is -0.631. The summed E-state index contributed by atoms with van der Waals surface area (Å²) in [6.07, 6.45) is 3.18. The van der Waals surface area contributed by atoms with E-state index in [-0.39, 0.29) is 18.0 Å². The number of allylic oxidation sites excluding steroid dienone is 1. The molecule has 1 aromatic rings. The van der Waals surface area contributed by atoms with E-state index in [9.17, 15) is 9.59 Å². The molecule has 0 saturated carbocycles. The molecule has 1 aliphatic carbocycles. The van der Waals surface area contributed by atoms with Gasteiger partial charge in [-0.3, -0.25) is 9.59 Å². The Morgan fingerprint density at radius 2 is 2.00 bits per heavy atom. The lowest BCUT2D eigenvalue weighted by molar-refractivity contribution is 0.0428. The number of rotatable bonds is 3. The van der Waals surface area contributed by atoms with Crippen LogP contribution in [-0.2, 0) is 4.74 Å². The average molecular weight is 230 g/mol. The Labute approximate surface area is 100 Å². The van der Waals surface area contributed by atoms with Gasteiger partial charge in [0.15, 0.2) is 11.6 Å². The molecule has 1 aliphatic rings. The number of fused-ring (bicyclic) bond motifs is 1. The number of ketones is 2. The van der Waals surface area contributed by atoms with E-state index < -0.39 is 6.10 Å². The standard InChI is InChI=1S/C14H14O3/c1-2-3-8-17-13-9-12(15)10-6-4-5-7-11(10)14(13)16/h2-7,13H,8-9H2,1H3/b3-2+. The molecule has 1 atom stereocenters. The molecule has 88 valence electrons. The van der Waals surface area contributed by atoms with Gasteiger partial charge in [-0.15, -0.1) is 0 Å². The number of carbonyl (C=O) groups is 2. The van der Waals surface area contributed by atoms with Crippen LogP contribution < -0.4 is 0 Å². The quantitative estimate of drug-likeness (QED) is 0.749. The predicted molar refractivity (Wildman–Crippen MR) is 64.3 cm³/mol. The normalized spacial score (nSPS) is 19.7. The largest absolute Gasteiger partial charge is 0.366 e. The number of ether oxygens (including phenoxy) is 1. The van der Waals surface area contributed by atoms with Crippen molar-refractivity contribution in [3.8, 4) is 0 Å². The molecule has 0 aliphatic heterocycles. The zero-order chi connectivity index (χ0) is 12.3. The summed E-state index contributed by atoms with van der Waals surface area (Å²) in [6, 6.07) is 6.90. The van der Waals surface area contributed by atoms with Crippen molar-refractivity contribution in [2.45, 2.75) is 19.4 Å². The van der Waals surface area contributed by atoms with Crippen LogP contribution in [0.2, 0.25) is 0 Å². The molecule has 0 spiro atoms. The summed E-state index contributed by atoms with van der Waals surface area (Å²) in [5, 5.41) is 0. The molecule has 3 nitrogen and oxygen atoms in total. The van der Waals surface area contributed by atoms with Crippen LogP contribution in [0.5, 0.6) is 0 Å². The van der Waals surface area contributed by atoms with Gasteiger partial charge in [-0.25, -0.2) is 0 Å². The third-order valence-electron chi connectivity index (χ3n) is 2.79. The highest BCUT2D eigenvalue weighted by atomic mass is 16.5. The van der Waals surface area contributed by atoms with Crippen LogP contribution in [0.1, 0.15) is 34.1 Å². The van der Waals surface area contributed by atoms with Gasteiger partial charge in [0.1, 0.15) is 6.10 Å². The van der Waals surface area contributed by atoms with Crippen molar-refractivity contribution in [2.75, 3.05) is 6.61 Å². The maximum Gasteiger partial charge on any atom is 0.192 e. The summed E-state index contributed by atoms with van der Waals surface area (Å²) in [5.41, 5.74) is 0.998. The molecule has 0 N–H and O–H groups in total. The van der Waals surface area contributed by atoms with Crippen molar-refractivity contribution in [3.05, 3.63) is 47.5 Å². The second-order valence-corrected chi connectivity index (χ2v) is 3.93. The summed E-state index contributed by atoms with van der Waals surface area (Å²) in [6.45, 7) is 2.24. The molecule has 0 saturated heterocycles. The van der Waals surface area contributed by atoms with Gasteiger partial charge < -0.3 is 4.74 Å². The van der Waals surface area contributed by atoms with Gasteiger partial charge >= 0.3 is 0 Å². The first-order valence-corrected chi connectivity index (χ1v) is 5.63. The molecule has 0 amide bonds. The van der Waals surface area contributed by atoms with E-state index in [2.05, 4.69) is 0 Å². The van der Waals surface area contributed by atoms with Crippen molar-refractivity contribution < 1.29 is 14.3 Å². The number of hydrogen-bond donors (Lipinski definition) is 0. The maximum atomic E-state index is 12.1. The summed E-state index contributed by atoms with van der Waals surface area (Å²) < 4.78 is 5.41. The molecular weight excluding hydrogens is 216 g/mol. The Morgan fingerprint density at radius 1 is 1.29 bits per heavy atom. The SMILES string of the molecule is C/C=C/COC1CC(=O)c2ccccc2C1=O. The Hall–Kier alpha value is -1.74. The maximum absolute atomic E-state index is 12.1. The summed E-state index contributed by atoms with van der Waals surface area (Å²) in [4.78, 5) is 23.9. The highest BCUT2D eigenvalue weighted by molar-refractivity contribution is 6.15. The van der Waals surface area contributed by atoms with Crippen LogP contribution in [0.25, 0.3) is 0 Å². The van der Waals surface area contributed by atoms with Crippen LogP contribution in [0.3, 0.4) is 0 Å². The minimum Gasteiger partial charge on any atom is -0.366 e. The number of carbonyl (C=O) groups excluding carboxylic acids is 2. The average Bonchev–Trinajstić information content (AvgIpc) is 2.36. The molecule has 0 heterocycles. The van der Waals surface area contributed by atoms with Crippen LogP contribution in [0, 0.1) is 0 Å². The van der Waals surface area contributed by atoms with E-state index in [1.165, 1.54) is 0 Å². The first-order chi connectivity index (χ1) is 8.24. The number of hydrogen-bond acceptors (Lipinski definition) is 3. The molecule has 0 bridgehead atoms. The van der Waals surface area contributed by atoms with E-state index in [0.717, 1.165) is 0 Å². The predicted octanol–water partition coefficient (Wildman–Crippen LogP) is 2.42. The number of Topliss-reactive ketones (excluding diaryl/α,β-unsaturated/α-hetero) is 2. The fraction of sp³-hybridized carbons (Fsp3) is 0.286. The lowest BCUT2D eigenvalue weighted by atomic mass is 9.88. The zero-order valence-electron chi connectivity index (χ0n) is 9.68. The zero-order valence-corrected chi connectivity index (χ0v) is 9.68. The van der Waals surface area contributed by atoms with Gasteiger partial charge in [0, 0.05) is 17.5 Å². The van der Waals surface area contributed by atoms with Crippen molar-refractivity contribution >= 4 is 11.6 Å². The van der Waals surface area contributed by atoms with Crippen LogP contribution in [0.4, 0.5) is 0 Å².